The lowest BCUT2D eigenvalue weighted by molar-refractivity contribution is 0.0982. The molecule has 4 rings (SSSR count). The number of aromatic nitrogens is 2. The number of nitrogens with zero attached hydrogens (tertiary/aromatic N) is 3. The van der Waals surface area contributed by atoms with Gasteiger partial charge in [0.1, 0.15) is 0 Å². The lowest BCUT2D eigenvalue weighted by Gasteiger charge is -2.23. The maximum atomic E-state index is 13.6. The molecule has 0 saturated carbocycles. The van der Waals surface area contributed by atoms with Crippen molar-refractivity contribution in [2.45, 2.75) is 6.42 Å². The number of anilines is 1. The van der Waals surface area contributed by atoms with E-state index in [4.69, 9.17) is 0 Å². The van der Waals surface area contributed by atoms with Crippen LogP contribution in [-0.4, -0.2) is 22.2 Å². The first kappa shape index (κ1) is 18.6. The van der Waals surface area contributed by atoms with Crippen LogP contribution in [0.4, 0.5) is 5.69 Å². The summed E-state index contributed by atoms with van der Waals surface area (Å²) in [5.41, 5.74) is 2.01. The lowest BCUT2D eigenvalue weighted by Crippen LogP contribution is -2.35. The van der Waals surface area contributed by atoms with Crippen molar-refractivity contribution in [1.29, 1.82) is 0 Å². The molecule has 0 aliphatic carbocycles. The van der Waals surface area contributed by atoms with Crippen molar-refractivity contribution in [1.82, 2.24) is 9.78 Å². The zero-order valence-electron chi connectivity index (χ0n) is 16.2. The second kappa shape index (κ2) is 8.10. The Morgan fingerprint density at radius 1 is 0.862 bits per heavy atom. The highest BCUT2D eigenvalue weighted by Crippen LogP contribution is 2.20. The Morgan fingerprint density at radius 2 is 1.45 bits per heavy atom. The zero-order chi connectivity index (χ0) is 20.2. The molecule has 0 radical (unpaired) electrons. The molecule has 29 heavy (non-hydrogen) atoms. The van der Waals surface area contributed by atoms with Gasteiger partial charge in [-0.25, -0.2) is 4.68 Å². The minimum atomic E-state index is -0.223. The molecule has 0 N–H and O–H groups in total. The van der Waals surface area contributed by atoms with Crippen LogP contribution >= 0.6 is 0 Å². The molecular weight excluding hydrogens is 362 g/mol. The quantitative estimate of drug-likeness (QED) is 0.526. The van der Waals surface area contributed by atoms with Crippen LogP contribution in [0.15, 0.2) is 89.7 Å². The van der Waals surface area contributed by atoms with Gasteiger partial charge < -0.3 is 4.90 Å². The average molecular weight is 383 g/mol. The van der Waals surface area contributed by atoms with Crippen molar-refractivity contribution in [2.75, 3.05) is 11.4 Å². The molecule has 5 nitrogen and oxygen atoms in total. The summed E-state index contributed by atoms with van der Waals surface area (Å²) in [6.07, 6.45) is 0.713. The summed E-state index contributed by atoms with van der Waals surface area (Å²) in [5.74, 6) is -0.223. The predicted molar refractivity (Wildman–Crippen MR) is 115 cm³/mol. The Balaban J connectivity index is 1.77. The molecule has 0 bridgehead atoms. The molecule has 0 aliphatic heterocycles. The van der Waals surface area contributed by atoms with Crippen LogP contribution in [0.3, 0.4) is 0 Å². The molecule has 144 valence electrons. The topological polar surface area (TPSA) is 55.2 Å². The van der Waals surface area contributed by atoms with Gasteiger partial charge in [0.2, 0.25) is 0 Å². The molecule has 3 aromatic carbocycles. The van der Waals surface area contributed by atoms with Gasteiger partial charge in [0, 0.05) is 24.7 Å². The highest BCUT2D eigenvalue weighted by Gasteiger charge is 2.23. The number of rotatable bonds is 5. The smallest absolute Gasteiger partial charge is 0.279 e. The van der Waals surface area contributed by atoms with Crippen LogP contribution in [0.25, 0.3) is 10.8 Å². The Hall–Kier alpha value is -3.73. The second-order valence-electron chi connectivity index (χ2n) is 6.85. The van der Waals surface area contributed by atoms with E-state index >= 15 is 0 Å². The normalized spacial score (nSPS) is 10.8. The molecule has 1 heterocycles. The summed E-state index contributed by atoms with van der Waals surface area (Å²) in [6.45, 7) is 0.506. The number of fused-ring (bicyclic) bond motifs is 1. The fourth-order valence-corrected chi connectivity index (χ4v) is 3.43. The van der Waals surface area contributed by atoms with E-state index < -0.39 is 0 Å². The van der Waals surface area contributed by atoms with Gasteiger partial charge in [-0.2, -0.15) is 5.10 Å². The second-order valence-corrected chi connectivity index (χ2v) is 6.85. The Morgan fingerprint density at radius 3 is 2.14 bits per heavy atom. The molecule has 1 aromatic heterocycles. The van der Waals surface area contributed by atoms with Crippen LogP contribution in [-0.2, 0) is 13.5 Å². The van der Waals surface area contributed by atoms with Crippen LogP contribution < -0.4 is 10.5 Å². The molecule has 0 unspecified atom stereocenters. The Bertz CT molecular complexity index is 1200. The number of hydrogen-bond acceptors (Lipinski definition) is 3. The van der Waals surface area contributed by atoms with Crippen LogP contribution in [0, 0.1) is 0 Å². The van der Waals surface area contributed by atoms with Crippen molar-refractivity contribution in [3.8, 4) is 0 Å². The molecule has 5 heteroatoms. The minimum absolute atomic E-state index is 0.215. The zero-order valence-corrected chi connectivity index (χ0v) is 16.2. The van der Waals surface area contributed by atoms with E-state index in [1.807, 2.05) is 66.7 Å². The van der Waals surface area contributed by atoms with E-state index in [-0.39, 0.29) is 17.2 Å². The third kappa shape index (κ3) is 3.80. The highest BCUT2D eigenvalue weighted by atomic mass is 16.2. The largest absolute Gasteiger partial charge is 0.307 e. The van der Waals surface area contributed by atoms with Gasteiger partial charge in [-0.05, 0) is 30.2 Å². The maximum absolute atomic E-state index is 13.6. The van der Waals surface area contributed by atoms with E-state index in [1.165, 1.54) is 4.68 Å². The van der Waals surface area contributed by atoms with Gasteiger partial charge in [-0.3, -0.25) is 9.59 Å². The summed E-state index contributed by atoms with van der Waals surface area (Å²) in [6, 6.07) is 26.7. The van der Waals surface area contributed by atoms with E-state index in [1.54, 1.807) is 30.1 Å². The number of para-hydroxylation sites is 1. The van der Waals surface area contributed by atoms with Gasteiger partial charge in [0.05, 0.1) is 5.39 Å². The van der Waals surface area contributed by atoms with Gasteiger partial charge in [0.15, 0.2) is 5.69 Å². The Kier molecular flexibility index (Phi) is 5.20. The van der Waals surface area contributed by atoms with Gasteiger partial charge in [-0.15, -0.1) is 0 Å². The van der Waals surface area contributed by atoms with E-state index in [9.17, 15) is 9.59 Å². The number of carbonyl (C=O) groups is 1. The van der Waals surface area contributed by atoms with Crippen LogP contribution in [0.2, 0.25) is 0 Å². The van der Waals surface area contributed by atoms with E-state index in [2.05, 4.69) is 5.10 Å². The summed E-state index contributed by atoms with van der Waals surface area (Å²) < 4.78 is 1.23. The van der Waals surface area contributed by atoms with Crippen molar-refractivity contribution >= 4 is 22.4 Å². The van der Waals surface area contributed by atoms with Gasteiger partial charge in [0.25, 0.3) is 11.5 Å². The summed E-state index contributed by atoms with van der Waals surface area (Å²) >= 11 is 0. The maximum Gasteiger partial charge on any atom is 0.279 e. The number of aryl methyl sites for hydroxylation is 1. The molecule has 1 amide bonds. The molecule has 4 aromatic rings. The molecule has 0 spiro atoms. The number of carbonyl (C=O) groups excluding carboxylic acids is 1. The fourth-order valence-electron chi connectivity index (χ4n) is 3.43. The van der Waals surface area contributed by atoms with Crippen molar-refractivity contribution in [3.63, 3.8) is 0 Å². The van der Waals surface area contributed by atoms with Gasteiger partial charge >= 0.3 is 0 Å². The molecule has 0 aliphatic rings. The average Bonchev–Trinajstić information content (AvgIpc) is 2.78. The summed E-state index contributed by atoms with van der Waals surface area (Å²) in [7, 11) is 1.57. The number of benzene rings is 3. The number of hydrogen-bond donors (Lipinski definition) is 0. The first-order valence-electron chi connectivity index (χ1n) is 9.52. The van der Waals surface area contributed by atoms with E-state index in [0.29, 0.717) is 23.7 Å². The van der Waals surface area contributed by atoms with Gasteiger partial charge in [-0.1, -0.05) is 66.7 Å². The lowest BCUT2D eigenvalue weighted by atomic mass is 10.1. The molecule has 0 saturated heterocycles. The monoisotopic (exact) mass is 383 g/mol. The van der Waals surface area contributed by atoms with E-state index in [0.717, 1.165) is 11.3 Å². The fraction of sp³-hybridized carbons (Fsp3) is 0.125. The third-order valence-electron chi connectivity index (χ3n) is 4.94. The first-order chi connectivity index (χ1) is 14.1. The van der Waals surface area contributed by atoms with Crippen molar-refractivity contribution < 1.29 is 4.79 Å². The van der Waals surface area contributed by atoms with Crippen molar-refractivity contribution in [3.05, 3.63) is 107 Å². The van der Waals surface area contributed by atoms with Crippen LogP contribution in [0.5, 0.6) is 0 Å². The predicted octanol–water partition coefficient (Wildman–Crippen LogP) is 3.82. The summed E-state index contributed by atoms with van der Waals surface area (Å²) in [4.78, 5) is 27.7. The minimum Gasteiger partial charge on any atom is -0.307 e. The molecular formula is C24H21N3O2. The van der Waals surface area contributed by atoms with Crippen molar-refractivity contribution in [2.24, 2.45) is 7.05 Å². The SMILES string of the molecule is Cn1nc(C(=O)N(CCc2ccccc2)c2ccccc2)c2ccccc2c1=O. The standard InChI is InChI=1S/C24H21N3O2/c1-26-23(28)21-15-9-8-14-20(21)22(25-26)24(29)27(19-12-6-3-7-13-19)17-16-18-10-4-2-5-11-18/h2-15H,16-17H2,1H3. The first-order valence-corrected chi connectivity index (χ1v) is 9.52. The van der Waals surface area contributed by atoms with Crippen LogP contribution in [0.1, 0.15) is 16.1 Å². The molecule has 0 atom stereocenters. The number of amides is 1. The Labute approximate surface area is 168 Å². The molecule has 0 fully saturated rings. The third-order valence-corrected chi connectivity index (χ3v) is 4.94. The summed E-state index contributed by atoms with van der Waals surface area (Å²) in [5, 5.41) is 5.38. The highest BCUT2D eigenvalue weighted by molar-refractivity contribution is 6.12.